The first kappa shape index (κ1) is 20.7. The normalized spacial score (nSPS) is 15.5. The molecule has 6 rings (SSSR count). The summed E-state index contributed by atoms with van der Waals surface area (Å²) >= 11 is 0. The summed E-state index contributed by atoms with van der Waals surface area (Å²) in [5.74, 6) is 2.10. The van der Waals surface area contributed by atoms with Crippen LogP contribution in [0, 0.1) is 0 Å². The fraction of sp³-hybridized carbons (Fsp3) is 0.231. The summed E-state index contributed by atoms with van der Waals surface area (Å²) in [5.41, 5.74) is 3.01. The Morgan fingerprint density at radius 2 is 1.76 bits per heavy atom. The number of benzene rings is 2. The van der Waals surface area contributed by atoms with E-state index < -0.39 is 0 Å². The Morgan fingerprint density at radius 1 is 0.941 bits per heavy atom. The lowest BCUT2D eigenvalue weighted by Crippen LogP contribution is -2.41. The molecule has 5 aromatic rings. The number of morpholine rings is 1. The number of anilines is 1. The van der Waals surface area contributed by atoms with Gasteiger partial charge in [-0.2, -0.15) is 0 Å². The smallest absolute Gasteiger partial charge is 0.233 e. The van der Waals surface area contributed by atoms with Gasteiger partial charge in [-0.3, -0.25) is 9.30 Å². The van der Waals surface area contributed by atoms with E-state index in [0.717, 1.165) is 55.1 Å². The number of nitrogens with zero attached hydrogens (tertiary/aromatic N) is 6. The Kier molecular flexibility index (Phi) is 5.58. The van der Waals surface area contributed by atoms with Crippen molar-refractivity contribution >= 4 is 22.5 Å². The van der Waals surface area contributed by atoms with E-state index in [1.807, 2.05) is 35.0 Å². The number of para-hydroxylation sites is 1. The van der Waals surface area contributed by atoms with Gasteiger partial charge in [-0.25, -0.2) is 19.9 Å². The number of ether oxygens (including phenoxy) is 1. The molecule has 8 nitrogen and oxygen atoms in total. The lowest BCUT2D eigenvalue weighted by Gasteiger charge is -2.35. The standard InChI is InChI=1S/C26H25N7O/c1-2-6-19(7-3-1)23(32-12-14-34-15-13-32)17-28-25-21-8-4-5-9-22(21)30-24(31-25)20-16-29-26-27-10-11-33(26)18-20/h1-11,16,18,23H,12-15,17H2,(H,28,30,31). The fourth-order valence-electron chi connectivity index (χ4n) is 4.49. The van der Waals surface area contributed by atoms with Gasteiger partial charge in [0.25, 0.3) is 0 Å². The highest BCUT2D eigenvalue weighted by Crippen LogP contribution is 2.27. The lowest BCUT2D eigenvalue weighted by atomic mass is 10.0. The Morgan fingerprint density at radius 3 is 2.65 bits per heavy atom. The fourth-order valence-corrected chi connectivity index (χ4v) is 4.49. The highest BCUT2D eigenvalue weighted by atomic mass is 16.5. The number of nitrogens with one attached hydrogen (secondary N) is 1. The molecule has 1 unspecified atom stereocenters. The molecule has 0 aliphatic carbocycles. The summed E-state index contributed by atoms with van der Waals surface area (Å²) < 4.78 is 7.48. The minimum atomic E-state index is 0.214. The zero-order valence-electron chi connectivity index (χ0n) is 18.7. The van der Waals surface area contributed by atoms with Gasteiger partial charge < -0.3 is 10.1 Å². The van der Waals surface area contributed by atoms with Gasteiger partial charge >= 0.3 is 0 Å². The molecule has 34 heavy (non-hydrogen) atoms. The van der Waals surface area contributed by atoms with Crippen LogP contribution >= 0.6 is 0 Å². The molecule has 0 amide bonds. The van der Waals surface area contributed by atoms with Gasteiger partial charge in [0.1, 0.15) is 5.82 Å². The molecule has 1 fully saturated rings. The van der Waals surface area contributed by atoms with E-state index in [0.29, 0.717) is 11.6 Å². The van der Waals surface area contributed by atoms with Gasteiger partial charge in [0, 0.05) is 49.8 Å². The third-order valence-corrected chi connectivity index (χ3v) is 6.24. The van der Waals surface area contributed by atoms with Gasteiger partial charge in [0.05, 0.1) is 30.3 Å². The van der Waals surface area contributed by atoms with E-state index in [-0.39, 0.29) is 6.04 Å². The average Bonchev–Trinajstić information content (AvgIpc) is 3.38. The van der Waals surface area contributed by atoms with Crippen LogP contribution in [0.15, 0.2) is 79.4 Å². The summed E-state index contributed by atoms with van der Waals surface area (Å²) in [5, 5.41) is 4.65. The summed E-state index contributed by atoms with van der Waals surface area (Å²) in [6.45, 7) is 4.06. The molecule has 2 aromatic carbocycles. The molecule has 8 heteroatoms. The second kappa shape index (κ2) is 9.17. The van der Waals surface area contributed by atoms with Crippen LogP contribution in [0.25, 0.3) is 28.1 Å². The minimum absolute atomic E-state index is 0.214. The van der Waals surface area contributed by atoms with Crippen LogP contribution in [-0.2, 0) is 4.74 Å². The molecule has 1 aliphatic heterocycles. The molecular formula is C26H25N7O. The van der Waals surface area contributed by atoms with Crippen molar-refractivity contribution in [1.29, 1.82) is 0 Å². The van der Waals surface area contributed by atoms with Crippen molar-refractivity contribution in [2.75, 3.05) is 38.2 Å². The summed E-state index contributed by atoms with van der Waals surface area (Å²) in [6.07, 6.45) is 7.34. The van der Waals surface area contributed by atoms with Crippen molar-refractivity contribution in [3.05, 3.63) is 84.9 Å². The van der Waals surface area contributed by atoms with E-state index >= 15 is 0 Å². The van der Waals surface area contributed by atoms with Crippen LogP contribution in [-0.4, -0.2) is 62.1 Å². The van der Waals surface area contributed by atoms with E-state index in [9.17, 15) is 0 Å². The molecule has 0 radical (unpaired) electrons. The monoisotopic (exact) mass is 451 g/mol. The minimum Gasteiger partial charge on any atom is -0.379 e. The molecule has 1 atom stereocenters. The quantitative estimate of drug-likeness (QED) is 0.420. The van der Waals surface area contributed by atoms with E-state index in [1.54, 1.807) is 12.4 Å². The molecule has 3 aromatic heterocycles. The van der Waals surface area contributed by atoms with Gasteiger partial charge in [-0.15, -0.1) is 0 Å². The lowest BCUT2D eigenvalue weighted by molar-refractivity contribution is 0.0187. The van der Waals surface area contributed by atoms with Crippen molar-refractivity contribution < 1.29 is 4.74 Å². The molecule has 4 heterocycles. The van der Waals surface area contributed by atoms with Gasteiger partial charge in [-0.05, 0) is 17.7 Å². The maximum Gasteiger partial charge on any atom is 0.233 e. The van der Waals surface area contributed by atoms with Crippen LogP contribution in [0.1, 0.15) is 11.6 Å². The Bertz CT molecular complexity index is 1410. The molecular weight excluding hydrogens is 426 g/mol. The van der Waals surface area contributed by atoms with Crippen molar-refractivity contribution in [2.24, 2.45) is 0 Å². The number of fused-ring (bicyclic) bond motifs is 2. The van der Waals surface area contributed by atoms with Crippen LogP contribution < -0.4 is 5.32 Å². The first-order valence-corrected chi connectivity index (χ1v) is 11.5. The Labute approximate surface area is 197 Å². The van der Waals surface area contributed by atoms with Crippen molar-refractivity contribution in [3.8, 4) is 11.4 Å². The molecule has 1 N–H and O–H groups in total. The SMILES string of the molecule is c1ccc(C(CNc2nc(-c3cnc4nccn4c3)nc3ccccc23)N2CCOCC2)cc1. The molecule has 1 saturated heterocycles. The van der Waals surface area contributed by atoms with E-state index in [2.05, 4.69) is 56.6 Å². The number of imidazole rings is 1. The number of aromatic nitrogens is 5. The predicted molar refractivity (Wildman–Crippen MR) is 132 cm³/mol. The maximum absolute atomic E-state index is 5.60. The number of hydrogen-bond donors (Lipinski definition) is 1. The zero-order valence-corrected chi connectivity index (χ0v) is 18.7. The summed E-state index contributed by atoms with van der Waals surface area (Å²) in [6, 6.07) is 19.0. The van der Waals surface area contributed by atoms with E-state index in [1.165, 1.54) is 5.56 Å². The Balaban J connectivity index is 1.36. The highest BCUT2D eigenvalue weighted by molar-refractivity contribution is 5.90. The molecule has 170 valence electrons. The van der Waals surface area contributed by atoms with E-state index in [4.69, 9.17) is 14.7 Å². The molecule has 0 bridgehead atoms. The number of hydrogen-bond acceptors (Lipinski definition) is 7. The van der Waals surface area contributed by atoms with Gasteiger partial charge in [0.15, 0.2) is 5.82 Å². The third kappa shape index (κ3) is 4.09. The third-order valence-electron chi connectivity index (χ3n) is 6.24. The van der Waals surface area contributed by atoms with Crippen molar-refractivity contribution in [1.82, 2.24) is 29.2 Å². The first-order chi connectivity index (χ1) is 16.8. The summed E-state index contributed by atoms with van der Waals surface area (Å²) in [4.78, 5) is 20.9. The first-order valence-electron chi connectivity index (χ1n) is 11.5. The largest absolute Gasteiger partial charge is 0.379 e. The topological polar surface area (TPSA) is 80.5 Å². The van der Waals surface area contributed by atoms with Crippen LogP contribution in [0.3, 0.4) is 0 Å². The number of rotatable bonds is 6. The molecule has 0 spiro atoms. The van der Waals surface area contributed by atoms with Crippen LogP contribution in [0.5, 0.6) is 0 Å². The molecule has 0 saturated carbocycles. The summed E-state index contributed by atoms with van der Waals surface area (Å²) in [7, 11) is 0. The van der Waals surface area contributed by atoms with Gasteiger partial charge in [-0.1, -0.05) is 42.5 Å². The second-order valence-electron chi connectivity index (χ2n) is 8.35. The predicted octanol–water partition coefficient (Wildman–Crippen LogP) is 3.82. The van der Waals surface area contributed by atoms with Crippen LogP contribution in [0.2, 0.25) is 0 Å². The van der Waals surface area contributed by atoms with Crippen molar-refractivity contribution in [2.45, 2.75) is 6.04 Å². The highest BCUT2D eigenvalue weighted by Gasteiger charge is 2.23. The molecule has 1 aliphatic rings. The van der Waals surface area contributed by atoms with Gasteiger partial charge in [0.2, 0.25) is 5.78 Å². The average molecular weight is 452 g/mol. The Hall–Kier alpha value is -3.88. The zero-order chi connectivity index (χ0) is 22.7. The van der Waals surface area contributed by atoms with Crippen LogP contribution in [0.4, 0.5) is 5.82 Å². The second-order valence-corrected chi connectivity index (χ2v) is 8.35. The van der Waals surface area contributed by atoms with Crippen molar-refractivity contribution in [3.63, 3.8) is 0 Å². The maximum atomic E-state index is 5.60.